The standard InChI is InChI=1S/C20H19N3O4/c1-12-7-6-10-15(17(12)21)20(25)26-18(14-8-4-3-5-9-14)19(24)22-16-11-13(2)27-23-16/h3-11,18H,21H2,1-2H3,(H,22,23,24)/t18-/m1/s1. The number of hydrogen-bond donors (Lipinski definition) is 2. The van der Waals surface area contributed by atoms with Gasteiger partial charge in [-0.1, -0.05) is 47.6 Å². The molecule has 0 fully saturated rings. The summed E-state index contributed by atoms with van der Waals surface area (Å²) in [6, 6.07) is 15.3. The first kappa shape index (κ1) is 18.2. The van der Waals surface area contributed by atoms with Gasteiger partial charge in [-0.2, -0.15) is 0 Å². The van der Waals surface area contributed by atoms with Crippen LogP contribution in [0.1, 0.15) is 33.3 Å². The summed E-state index contributed by atoms with van der Waals surface area (Å²) in [5.41, 5.74) is 7.78. The van der Waals surface area contributed by atoms with E-state index in [9.17, 15) is 9.59 Å². The normalized spacial score (nSPS) is 11.6. The summed E-state index contributed by atoms with van der Waals surface area (Å²) < 4.78 is 10.5. The Balaban J connectivity index is 1.87. The van der Waals surface area contributed by atoms with Gasteiger partial charge in [-0.15, -0.1) is 0 Å². The van der Waals surface area contributed by atoms with Crippen molar-refractivity contribution in [3.05, 3.63) is 77.0 Å². The lowest BCUT2D eigenvalue weighted by molar-refractivity contribution is -0.125. The summed E-state index contributed by atoms with van der Waals surface area (Å²) in [6.45, 7) is 3.50. The summed E-state index contributed by atoms with van der Waals surface area (Å²) in [5, 5.41) is 6.32. The van der Waals surface area contributed by atoms with Crippen molar-refractivity contribution in [1.82, 2.24) is 5.16 Å². The number of ether oxygens (including phenoxy) is 1. The minimum Gasteiger partial charge on any atom is -0.444 e. The molecule has 0 saturated heterocycles. The fourth-order valence-electron chi connectivity index (χ4n) is 2.55. The van der Waals surface area contributed by atoms with Crippen molar-refractivity contribution in [2.24, 2.45) is 0 Å². The molecular weight excluding hydrogens is 346 g/mol. The zero-order valence-corrected chi connectivity index (χ0v) is 14.9. The molecule has 2 aromatic carbocycles. The third kappa shape index (κ3) is 4.14. The maximum atomic E-state index is 12.7. The van der Waals surface area contributed by atoms with Crippen LogP contribution in [0.2, 0.25) is 0 Å². The molecule has 0 spiro atoms. The van der Waals surface area contributed by atoms with Crippen LogP contribution < -0.4 is 11.1 Å². The molecule has 0 aliphatic rings. The third-order valence-electron chi connectivity index (χ3n) is 3.99. The first-order valence-electron chi connectivity index (χ1n) is 8.31. The van der Waals surface area contributed by atoms with Gasteiger partial charge in [0.05, 0.1) is 5.56 Å². The average molecular weight is 365 g/mol. The number of esters is 1. The fraction of sp³-hybridized carbons (Fsp3) is 0.150. The van der Waals surface area contributed by atoms with E-state index in [0.717, 1.165) is 5.56 Å². The number of nitrogen functional groups attached to an aromatic ring is 1. The van der Waals surface area contributed by atoms with E-state index >= 15 is 0 Å². The van der Waals surface area contributed by atoms with E-state index in [1.807, 2.05) is 0 Å². The first-order chi connectivity index (χ1) is 13.0. The van der Waals surface area contributed by atoms with Crippen molar-refractivity contribution in [2.45, 2.75) is 20.0 Å². The van der Waals surface area contributed by atoms with Gasteiger partial charge in [0.15, 0.2) is 5.82 Å². The summed E-state index contributed by atoms with van der Waals surface area (Å²) in [7, 11) is 0. The van der Waals surface area contributed by atoms with E-state index < -0.39 is 18.0 Å². The zero-order chi connectivity index (χ0) is 19.4. The summed E-state index contributed by atoms with van der Waals surface area (Å²) in [4.78, 5) is 25.4. The molecule has 1 aromatic heterocycles. The molecule has 0 unspecified atom stereocenters. The second-order valence-corrected chi connectivity index (χ2v) is 6.04. The molecule has 1 atom stereocenters. The molecule has 3 aromatic rings. The number of aromatic nitrogens is 1. The molecule has 0 saturated carbocycles. The van der Waals surface area contributed by atoms with Crippen LogP contribution >= 0.6 is 0 Å². The smallest absolute Gasteiger partial charge is 0.341 e. The Morgan fingerprint density at radius 1 is 1.11 bits per heavy atom. The molecule has 0 aliphatic carbocycles. The second kappa shape index (κ2) is 7.74. The zero-order valence-electron chi connectivity index (χ0n) is 14.9. The highest BCUT2D eigenvalue weighted by atomic mass is 16.5. The van der Waals surface area contributed by atoms with Crippen molar-refractivity contribution in [3.8, 4) is 0 Å². The predicted octanol–water partition coefficient (Wildman–Crippen LogP) is 3.41. The van der Waals surface area contributed by atoms with Crippen molar-refractivity contribution in [3.63, 3.8) is 0 Å². The van der Waals surface area contributed by atoms with Gasteiger partial charge in [0.25, 0.3) is 5.91 Å². The molecular formula is C20H19N3O4. The second-order valence-electron chi connectivity index (χ2n) is 6.04. The van der Waals surface area contributed by atoms with Gasteiger partial charge >= 0.3 is 5.97 Å². The van der Waals surface area contributed by atoms with Crippen LogP contribution in [0.5, 0.6) is 0 Å². The molecule has 0 aliphatic heterocycles. The van der Waals surface area contributed by atoms with Gasteiger partial charge in [-0.25, -0.2) is 4.79 Å². The molecule has 7 nitrogen and oxygen atoms in total. The molecule has 0 bridgehead atoms. The monoisotopic (exact) mass is 365 g/mol. The maximum Gasteiger partial charge on any atom is 0.341 e. The highest BCUT2D eigenvalue weighted by molar-refractivity contribution is 6.00. The lowest BCUT2D eigenvalue weighted by Gasteiger charge is -2.18. The van der Waals surface area contributed by atoms with E-state index in [1.165, 1.54) is 0 Å². The van der Waals surface area contributed by atoms with E-state index in [-0.39, 0.29) is 11.4 Å². The van der Waals surface area contributed by atoms with E-state index in [4.69, 9.17) is 15.0 Å². The predicted molar refractivity (Wildman–Crippen MR) is 100 cm³/mol. The summed E-state index contributed by atoms with van der Waals surface area (Å²) in [6.07, 6.45) is -1.17. The Morgan fingerprint density at radius 2 is 1.85 bits per heavy atom. The number of hydrogen-bond acceptors (Lipinski definition) is 6. The van der Waals surface area contributed by atoms with Crippen LogP contribution in [0.3, 0.4) is 0 Å². The van der Waals surface area contributed by atoms with Crippen LogP contribution in [-0.4, -0.2) is 17.0 Å². The number of nitrogens with one attached hydrogen (secondary N) is 1. The lowest BCUT2D eigenvalue weighted by atomic mass is 10.1. The number of carbonyl (C=O) groups is 2. The average Bonchev–Trinajstić information content (AvgIpc) is 3.07. The Morgan fingerprint density at radius 3 is 2.52 bits per heavy atom. The quantitative estimate of drug-likeness (QED) is 0.530. The van der Waals surface area contributed by atoms with Gasteiger partial charge in [0, 0.05) is 17.3 Å². The molecule has 27 heavy (non-hydrogen) atoms. The SMILES string of the molecule is Cc1cc(NC(=O)[C@H](OC(=O)c2cccc(C)c2N)c2ccccc2)no1. The number of rotatable bonds is 5. The van der Waals surface area contributed by atoms with Crippen molar-refractivity contribution in [2.75, 3.05) is 11.1 Å². The number of benzene rings is 2. The number of nitrogens with zero attached hydrogens (tertiary/aromatic N) is 1. The van der Waals surface area contributed by atoms with Gasteiger partial charge in [0.1, 0.15) is 5.76 Å². The molecule has 3 rings (SSSR count). The topological polar surface area (TPSA) is 107 Å². The van der Waals surface area contributed by atoms with Crippen molar-refractivity contribution >= 4 is 23.4 Å². The summed E-state index contributed by atoms with van der Waals surface area (Å²) in [5.74, 6) is -0.443. The third-order valence-corrected chi connectivity index (χ3v) is 3.99. The molecule has 3 N–H and O–H groups in total. The van der Waals surface area contributed by atoms with Crippen molar-refractivity contribution < 1.29 is 18.8 Å². The van der Waals surface area contributed by atoms with Gasteiger partial charge in [0.2, 0.25) is 6.10 Å². The Labute approximate surface area is 156 Å². The molecule has 1 amide bonds. The summed E-state index contributed by atoms with van der Waals surface area (Å²) >= 11 is 0. The largest absolute Gasteiger partial charge is 0.444 e. The van der Waals surface area contributed by atoms with Crippen LogP contribution in [0.15, 0.2) is 59.1 Å². The number of para-hydroxylation sites is 1. The maximum absolute atomic E-state index is 12.7. The van der Waals surface area contributed by atoms with E-state index in [2.05, 4.69) is 10.5 Å². The molecule has 1 heterocycles. The number of amides is 1. The first-order valence-corrected chi connectivity index (χ1v) is 8.31. The highest BCUT2D eigenvalue weighted by Gasteiger charge is 2.27. The van der Waals surface area contributed by atoms with Crippen LogP contribution in [-0.2, 0) is 9.53 Å². The molecule has 138 valence electrons. The van der Waals surface area contributed by atoms with Gasteiger partial charge in [-0.3, -0.25) is 4.79 Å². The molecule has 7 heteroatoms. The fourth-order valence-corrected chi connectivity index (χ4v) is 2.55. The lowest BCUT2D eigenvalue weighted by Crippen LogP contribution is -2.26. The van der Waals surface area contributed by atoms with Crippen LogP contribution in [0.25, 0.3) is 0 Å². The van der Waals surface area contributed by atoms with Crippen molar-refractivity contribution in [1.29, 1.82) is 0 Å². The Bertz CT molecular complexity index is 966. The Kier molecular flexibility index (Phi) is 5.21. The number of anilines is 2. The minimum atomic E-state index is -1.17. The van der Waals surface area contributed by atoms with Crippen LogP contribution in [0, 0.1) is 13.8 Å². The number of aryl methyl sites for hydroxylation is 2. The van der Waals surface area contributed by atoms with Gasteiger partial charge in [-0.05, 0) is 25.5 Å². The van der Waals surface area contributed by atoms with Crippen LogP contribution in [0.4, 0.5) is 11.5 Å². The van der Waals surface area contributed by atoms with Gasteiger partial charge < -0.3 is 20.3 Å². The minimum absolute atomic E-state index is 0.209. The number of carbonyl (C=O) groups excluding carboxylic acids is 2. The highest BCUT2D eigenvalue weighted by Crippen LogP contribution is 2.24. The molecule has 0 radical (unpaired) electrons. The van der Waals surface area contributed by atoms with E-state index in [0.29, 0.717) is 17.0 Å². The number of nitrogens with two attached hydrogens (primary N) is 1. The van der Waals surface area contributed by atoms with E-state index in [1.54, 1.807) is 68.4 Å². The Hall–Kier alpha value is -3.61.